The quantitative estimate of drug-likeness (QED) is 0.615. The Morgan fingerprint density at radius 3 is 3.13 bits per heavy atom. The Balaban J connectivity index is 2.02. The van der Waals surface area contributed by atoms with Crippen LogP contribution in [0.1, 0.15) is 0 Å². The average molecular weight is 223 g/mol. The van der Waals surface area contributed by atoms with E-state index in [4.69, 9.17) is 0 Å². The van der Waals surface area contributed by atoms with Gasteiger partial charge < -0.3 is 10.2 Å². The Morgan fingerprint density at radius 1 is 1.40 bits per heavy atom. The lowest BCUT2D eigenvalue weighted by Crippen LogP contribution is -2.50. The highest BCUT2D eigenvalue weighted by Crippen LogP contribution is 2.33. The first-order valence-electron chi connectivity index (χ1n) is 4.65. The first-order chi connectivity index (χ1) is 7.25. The minimum Gasteiger partial charge on any atom is -0.347 e. The average Bonchev–Trinajstić information content (AvgIpc) is 2.57. The Kier molecular flexibility index (Phi) is 1.79. The molecule has 6 heteroatoms. The predicted molar refractivity (Wildman–Crippen MR) is 55.5 cm³/mol. The van der Waals surface area contributed by atoms with Crippen molar-refractivity contribution in [1.82, 2.24) is 15.5 Å². The number of thioether (sulfide) groups is 1. The van der Waals surface area contributed by atoms with Crippen LogP contribution in [-0.4, -0.2) is 29.1 Å². The molecular weight excluding hydrogens is 214 g/mol. The van der Waals surface area contributed by atoms with Gasteiger partial charge in [0, 0.05) is 24.2 Å². The second-order valence-electron chi connectivity index (χ2n) is 3.60. The van der Waals surface area contributed by atoms with E-state index in [1.54, 1.807) is 11.8 Å². The fourth-order valence-electron chi connectivity index (χ4n) is 2.03. The molecule has 0 aromatic rings. The molecule has 0 aliphatic carbocycles. The van der Waals surface area contributed by atoms with E-state index in [1.165, 1.54) is 0 Å². The fraction of sp³-hybridized carbons (Fsp3) is 0.333. The smallest absolute Gasteiger partial charge is 0.325 e. The number of nitrogens with zero attached hydrogens (tertiary/aromatic N) is 1. The number of hydrogen-bond acceptors (Lipinski definition) is 4. The summed E-state index contributed by atoms with van der Waals surface area (Å²) in [6, 6.07) is -0.417. The number of amides is 3. The summed E-state index contributed by atoms with van der Waals surface area (Å²) >= 11 is 1.67. The molecule has 0 saturated carbocycles. The maximum Gasteiger partial charge on any atom is 0.325 e. The highest BCUT2D eigenvalue weighted by atomic mass is 32.2. The van der Waals surface area contributed by atoms with Crippen molar-refractivity contribution < 1.29 is 9.59 Å². The standard InChI is InChI=1S/C9H9N3O2S/c13-8-5-3-12-1-2-15-4-6(12)7(5)10-9(14)11-8/h1-2,5H,3-4H2,(H2,10,11,13,14). The van der Waals surface area contributed by atoms with Crippen LogP contribution >= 0.6 is 11.8 Å². The lowest BCUT2D eigenvalue weighted by Gasteiger charge is -2.20. The van der Waals surface area contributed by atoms with E-state index in [1.807, 2.05) is 16.5 Å². The summed E-state index contributed by atoms with van der Waals surface area (Å²) < 4.78 is 0. The summed E-state index contributed by atoms with van der Waals surface area (Å²) in [6.07, 6.45) is 1.95. The normalized spacial score (nSPS) is 28.5. The Morgan fingerprint density at radius 2 is 2.27 bits per heavy atom. The van der Waals surface area contributed by atoms with Crippen molar-refractivity contribution in [3.63, 3.8) is 0 Å². The molecule has 3 heterocycles. The maximum absolute atomic E-state index is 11.6. The minimum atomic E-state index is -0.417. The van der Waals surface area contributed by atoms with Crippen LogP contribution < -0.4 is 10.6 Å². The van der Waals surface area contributed by atoms with Crippen LogP contribution in [0.5, 0.6) is 0 Å². The van der Waals surface area contributed by atoms with Crippen LogP contribution in [0.25, 0.3) is 0 Å². The number of carbonyl (C=O) groups is 2. The number of imide groups is 1. The number of carbonyl (C=O) groups excluding carboxylic acids is 2. The molecule has 0 aromatic carbocycles. The van der Waals surface area contributed by atoms with Gasteiger partial charge in [-0.15, -0.1) is 11.8 Å². The first-order valence-corrected chi connectivity index (χ1v) is 5.70. The number of urea groups is 1. The van der Waals surface area contributed by atoms with Gasteiger partial charge in [-0.25, -0.2) is 4.79 Å². The maximum atomic E-state index is 11.6. The molecule has 0 spiro atoms. The second kappa shape index (κ2) is 3.03. The zero-order valence-corrected chi connectivity index (χ0v) is 8.63. The van der Waals surface area contributed by atoms with Crippen LogP contribution in [-0.2, 0) is 4.79 Å². The molecule has 0 radical (unpaired) electrons. The Labute approximate surface area is 90.6 Å². The lowest BCUT2D eigenvalue weighted by atomic mass is 10.1. The van der Waals surface area contributed by atoms with Gasteiger partial charge in [0.05, 0.1) is 11.6 Å². The summed E-state index contributed by atoms with van der Waals surface area (Å²) in [5, 5.41) is 7.01. The lowest BCUT2D eigenvalue weighted by molar-refractivity contribution is -0.123. The molecule has 3 rings (SSSR count). The largest absolute Gasteiger partial charge is 0.347 e. The molecule has 3 amide bonds. The van der Waals surface area contributed by atoms with E-state index in [0.29, 0.717) is 6.54 Å². The molecule has 1 fully saturated rings. The van der Waals surface area contributed by atoms with Crippen molar-refractivity contribution in [2.75, 3.05) is 12.3 Å². The van der Waals surface area contributed by atoms with Gasteiger partial charge in [-0.3, -0.25) is 10.1 Å². The van der Waals surface area contributed by atoms with Gasteiger partial charge in [0.15, 0.2) is 0 Å². The second-order valence-corrected chi connectivity index (χ2v) is 4.50. The van der Waals surface area contributed by atoms with Crippen molar-refractivity contribution in [2.45, 2.75) is 0 Å². The highest BCUT2D eigenvalue weighted by molar-refractivity contribution is 8.02. The van der Waals surface area contributed by atoms with Crippen LogP contribution in [0.15, 0.2) is 23.0 Å². The van der Waals surface area contributed by atoms with Crippen molar-refractivity contribution in [1.29, 1.82) is 0 Å². The number of fused-ring (bicyclic) bond motifs is 2. The molecule has 0 bridgehead atoms. The molecular formula is C9H9N3O2S. The molecule has 0 aromatic heterocycles. The van der Waals surface area contributed by atoms with Crippen molar-refractivity contribution in [3.05, 3.63) is 23.0 Å². The van der Waals surface area contributed by atoms with Crippen molar-refractivity contribution in [3.8, 4) is 0 Å². The van der Waals surface area contributed by atoms with E-state index in [-0.39, 0.29) is 11.8 Å². The van der Waals surface area contributed by atoms with E-state index in [2.05, 4.69) is 10.6 Å². The molecule has 3 aliphatic rings. The number of hydrogen-bond donors (Lipinski definition) is 2. The molecule has 1 saturated heterocycles. The highest BCUT2D eigenvalue weighted by Gasteiger charge is 2.40. The zero-order valence-electron chi connectivity index (χ0n) is 7.82. The Bertz CT molecular complexity index is 416. The van der Waals surface area contributed by atoms with Gasteiger partial charge in [-0.05, 0) is 5.41 Å². The molecule has 3 aliphatic heterocycles. The molecule has 15 heavy (non-hydrogen) atoms. The van der Waals surface area contributed by atoms with E-state index in [0.717, 1.165) is 17.1 Å². The first kappa shape index (κ1) is 8.84. The Hall–Kier alpha value is -1.43. The summed E-state index contributed by atoms with van der Waals surface area (Å²) in [5.74, 6) is 0.394. The molecule has 2 N–H and O–H groups in total. The van der Waals surface area contributed by atoms with E-state index in [9.17, 15) is 9.59 Å². The SMILES string of the molecule is O=C1NC(=O)C2CN3C=CSCC3=C2N1. The van der Waals surface area contributed by atoms with Gasteiger partial charge in [0.1, 0.15) is 0 Å². The predicted octanol–water partition coefficient (Wildman–Crippen LogP) is 0.187. The minimum absolute atomic E-state index is 0.200. The van der Waals surface area contributed by atoms with Gasteiger partial charge in [0.25, 0.3) is 0 Å². The summed E-state index contributed by atoms with van der Waals surface area (Å²) in [4.78, 5) is 24.8. The molecule has 1 unspecified atom stereocenters. The van der Waals surface area contributed by atoms with Gasteiger partial charge in [0.2, 0.25) is 5.91 Å². The summed E-state index contributed by atoms with van der Waals surface area (Å²) in [7, 11) is 0. The molecule has 5 nitrogen and oxygen atoms in total. The van der Waals surface area contributed by atoms with Crippen molar-refractivity contribution in [2.24, 2.45) is 5.92 Å². The van der Waals surface area contributed by atoms with E-state index < -0.39 is 6.03 Å². The summed E-state index contributed by atoms with van der Waals surface area (Å²) in [6.45, 7) is 0.633. The van der Waals surface area contributed by atoms with Crippen LogP contribution in [0.4, 0.5) is 4.79 Å². The number of nitrogens with one attached hydrogen (secondary N) is 2. The van der Waals surface area contributed by atoms with Gasteiger partial charge in [-0.2, -0.15) is 0 Å². The fourth-order valence-corrected chi connectivity index (χ4v) is 2.84. The third-order valence-corrected chi connectivity index (χ3v) is 3.50. The van der Waals surface area contributed by atoms with E-state index >= 15 is 0 Å². The number of rotatable bonds is 0. The molecule has 78 valence electrons. The van der Waals surface area contributed by atoms with Gasteiger partial charge in [-0.1, -0.05) is 0 Å². The van der Waals surface area contributed by atoms with Crippen LogP contribution in [0, 0.1) is 5.92 Å². The third kappa shape index (κ3) is 1.25. The topological polar surface area (TPSA) is 61.4 Å². The molecule has 1 atom stereocenters. The summed E-state index contributed by atoms with van der Waals surface area (Å²) in [5.41, 5.74) is 1.83. The zero-order chi connectivity index (χ0) is 10.4. The monoisotopic (exact) mass is 223 g/mol. The van der Waals surface area contributed by atoms with Crippen molar-refractivity contribution >= 4 is 23.7 Å². The van der Waals surface area contributed by atoms with Gasteiger partial charge >= 0.3 is 6.03 Å². The van der Waals surface area contributed by atoms with Crippen LogP contribution in [0.3, 0.4) is 0 Å². The third-order valence-electron chi connectivity index (χ3n) is 2.74. The van der Waals surface area contributed by atoms with Crippen LogP contribution in [0.2, 0.25) is 0 Å².